The zero-order valence-corrected chi connectivity index (χ0v) is 36.5. The number of rotatable bonds is 24. The Labute approximate surface area is 391 Å². The van der Waals surface area contributed by atoms with Gasteiger partial charge in [0.25, 0.3) is 0 Å². The number of aliphatic hydroxyl groups is 27. The van der Waals surface area contributed by atoms with Crippen LogP contribution in [0.1, 0.15) is 0 Å². The number of hydrogen-bond acceptors (Lipinski definition) is 33. The highest BCUT2D eigenvalue weighted by molar-refractivity contribution is 4.94. The van der Waals surface area contributed by atoms with E-state index >= 15 is 0 Å². The van der Waals surface area contributed by atoms with Gasteiger partial charge in [0.15, 0.2) is 18.9 Å². The summed E-state index contributed by atoms with van der Waals surface area (Å²) >= 11 is 0. The first-order valence-corrected chi connectivity index (χ1v) is 21.0. The summed E-state index contributed by atoms with van der Waals surface area (Å²) in [4.78, 5) is 0. The zero-order valence-electron chi connectivity index (χ0n) is 36.5. The average molecular weight is 1030 g/mol. The summed E-state index contributed by atoms with van der Waals surface area (Å²) in [5.74, 6) is 0. The van der Waals surface area contributed by atoms with Gasteiger partial charge in [-0.1, -0.05) is 0 Å². The predicted molar refractivity (Wildman–Crippen MR) is 212 cm³/mol. The smallest absolute Gasteiger partial charge is 0.187 e. The minimum absolute atomic E-state index is 0.708. The van der Waals surface area contributed by atoms with Gasteiger partial charge >= 0.3 is 0 Å². The Kier molecular flexibility index (Phi) is 30.6. The van der Waals surface area contributed by atoms with Crippen LogP contribution in [0.4, 0.5) is 0 Å². The van der Waals surface area contributed by atoms with E-state index in [1.54, 1.807) is 0 Å². The van der Waals surface area contributed by atoms with Gasteiger partial charge in [-0.3, -0.25) is 0 Å². The fourth-order valence-corrected chi connectivity index (χ4v) is 6.49. The normalized spacial score (nSPS) is 37.2. The molecule has 0 amide bonds. The second-order valence-electron chi connectivity index (χ2n) is 15.9. The summed E-state index contributed by atoms with van der Waals surface area (Å²) in [6.07, 6.45) is -45.2. The molecule has 0 aliphatic carbocycles. The van der Waals surface area contributed by atoms with Crippen molar-refractivity contribution in [2.24, 2.45) is 0 Å². The van der Waals surface area contributed by atoms with Crippen LogP contribution in [-0.2, 0) is 28.4 Å². The molecule has 33 heteroatoms. The van der Waals surface area contributed by atoms with Crippen molar-refractivity contribution in [2.45, 2.75) is 165 Å². The van der Waals surface area contributed by atoms with E-state index in [2.05, 4.69) is 0 Å². The van der Waals surface area contributed by atoms with Gasteiger partial charge < -0.3 is 166 Å². The van der Waals surface area contributed by atoms with Gasteiger partial charge in [0.05, 0.1) is 59.5 Å². The molecule has 0 aromatic carbocycles. The molecule has 3 fully saturated rings. The second-order valence-corrected chi connectivity index (χ2v) is 15.9. The molecular formula is C36H72O33. The van der Waals surface area contributed by atoms with Crippen LogP contribution < -0.4 is 0 Å². The van der Waals surface area contributed by atoms with E-state index in [1.165, 1.54) is 0 Å². The van der Waals surface area contributed by atoms with Crippen LogP contribution in [0.2, 0.25) is 0 Å². The van der Waals surface area contributed by atoms with Crippen molar-refractivity contribution in [1.82, 2.24) is 0 Å². The Hall–Kier alpha value is -1.32. The molecule has 3 aliphatic rings. The standard InChI is InChI=1S/3C12H24O11/c3*13-1-4(16)7(18)11(5(17)2-14)23-12-10(21)9(20)8(19)6(3-15)22-12/h3*4-21H,1-3H2/t3*4-,5+,6+,7+,8-,9-,10+,11+,12-/m000/s1. The molecule has 3 rings (SSSR count). The van der Waals surface area contributed by atoms with Crippen molar-refractivity contribution in [3.05, 3.63) is 0 Å². The average Bonchev–Trinajstić information content (AvgIpc) is 3.36. The molecule has 27 atom stereocenters. The predicted octanol–water partition coefficient (Wildman–Crippen LogP) is -17.3. The topological polar surface area (TPSA) is 602 Å². The molecule has 69 heavy (non-hydrogen) atoms. The maximum atomic E-state index is 9.83. The van der Waals surface area contributed by atoms with Gasteiger partial charge in [-0.25, -0.2) is 0 Å². The molecule has 3 aliphatic heterocycles. The van der Waals surface area contributed by atoms with Crippen molar-refractivity contribution < 1.29 is 166 Å². The van der Waals surface area contributed by atoms with Gasteiger partial charge in [-0.15, -0.1) is 0 Å². The third-order valence-corrected chi connectivity index (χ3v) is 10.9. The number of ether oxygens (including phenoxy) is 6. The molecule has 27 N–H and O–H groups in total. The summed E-state index contributed by atoms with van der Waals surface area (Å²) in [7, 11) is 0. The summed E-state index contributed by atoms with van der Waals surface area (Å²) in [6, 6.07) is 0. The first kappa shape index (κ1) is 65.7. The number of aliphatic hydroxyl groups excluding tert-OH is 27. The van der Waals surface area contributed by atoms with Gasteiger partial charge in [-0.2, -0.15) is 0 Å². The van der Waals surface area contributed by atoms with E-state index in [0.29, 0.717) is 0 Å². The SMILES string of the molecule is OC[C@@H](O)[C@@H](O[C@@H]1O[C@H](CO)[C@H](O)[C@H](O)[C@H]1O)[C@H](O)[C@@H](O)CO.OC[C@@H](O)[C@@H](O[C@@H]1O[C@H](CO)[C@H](O)[C@H](O)[C@H]1O)[C@H](O)[C@@H](O)CO.OC[C@@H](O)[C@@H](O[C@@H]1O[C@H](CO)[C@H](O)[C@H](O)[C@H]1O)[C@H](O)[C@@H](O)CO. The molecule has 3 heterocycles. The van der Waals surface area contributed by atoms with Crippen LogP contribution in [0.15, 0.2) is 0 Å². The van der Waals surface area contributed by atoms with Crippen LogP contribution in [0.25, 0.3) is 0 Å². The fourth-order valence-electron chi connectivity index (χ4n) is 6.49. The van der Waals surface area contributed by atoms with E-state index in [4.69, 9.17) is 74.4 Å². The monoisotopic (exact) mass is 1030 g/mol. The second kappa shape index (κ2) is 32.1. The van der Waals surface area contributed by atoms with E-state index in [1.807, 2.05) is 0 Å². The highest BCUT2D eigenvalue weighted by Crippen LogP contribution is 2.28. The lowest BCUT2D eigenvalue weighted by atomic mass is 9.98. The maximum absolute atomic E-state index is 9.83. The van der Waals surface area contributed by atoms with Crippen LogP contribution >= 0.6 is 0 Å². The molecule has 0 aromatic rings. The summed E-state index contributed by atoms with van der Waals surface area (Å²) < 4.78 is 30.4. The number of hydrogen-bond donors (Lipinski definition) is 27. The van der Waals surface area contributed by atoms with E-state index in [9.17, 15) is 91.9 Å². The lowest BCUT2D eigenvalue weighted by Crippen LogP contribution is -2.61. The van der Waals surface area contributed by atoms with Gasteiger partial charge in [0.1, 0.15) is 146 Å². The molecular weight excluding hydrogens is 960 g/mol. The lowest BCUT2D eigenvalue weighted by Gasteiger charge is -2.42. The van der Waals surface area contributed by atoms with Crippen LogP contribution in [0, 0.1) is 0 Å². The van der Waals surface area contributed by atoms with Crippen molar-refractivity contribution in [1.29, 1.82) is 0 Å². The Bertz CT molecular complexity index is 1180. The van der Waals surface area contributed by atoms with Crippen LogP contribution in [-0.4, -0.2) is 363 Å². The Morgan fingerprint density at radius 1 is 0.275 bits per heavy atom. The molecule has 0 saturated carbocycles. The minimum Gasteiger partial charge on any atom is -0.394 e. The van der Waals surface area contributed by atoms with Crippen LogP contribution in [0.5, 0.6) is 0 Å². The molecule has 0 radical (unpaired) electrons. The van der Waals surface area contributed by atoms with Gasteiger partial charge in [-0.05, 0) is 0 Å². The van der Waals surface area contributed by atoms with Crippen molar-refractivity contribution in [2.75, 3.05) is 59.5 Å². The van der Waals surface area contributed by atoms with Gasteiger partial charge in [0, 0.05) is 0 Å². The molecule has 0 spiro atoms. The molecule has 33 nitrogen and oxygen atoms in total. The maximum Gasteiger partial charge on any atom is 0.187 e. The lowest BCUT2D eigenvalue weighted by molar-refractivity contribution is -0.327. The fraction of sp³-hybridized carbons (Fsp3) is 1.00. The first-order valence-electron chi connectivity index (χ1n) is 21.0. The minimum atomic E-state index is -1.85. The molecule has 0 bridgehead atoms. The molecule has 0 unspecified atom stereocenters. The molecule has 0 aromatic heterocycles. The summed E-state index contributed by atoms with van der Waals surface area (Å²) in [5.41, 5.74) is 0. The van der Waals surface area contributed by atoms with Crippen molar-refractivity contribution in [3.8, 4) is 0 Å². The summed E-state index contributed by atoms with van der Waals surface area (Å²) in [5, 5.41) is 255. The highest BCUT2D eigenvalue weighted by atomic mass is 16.7. The van der Waals surface area contributed by atoms with E-state index < -0.39 is 225 Å². The van der Waals surface area contributed by atoms with Crippen molar-refractivity contribution in [3.63, 3.8) is 0 Å². The quantitative estimate of drug-likeness (QED) is 0.0427. The van der Waals surface area contributed by atoms with E-state index in [-0.39, 0.29) is 0 Å². The first-order chi connectivity index (χ1) is 32.3. The molecule has 3 saturated heterocycles. The Balaban J connectivity index is 0.000000517. The third kappa shape index (κ3) is 17.9. The Morgan fingerprint density at radius 3 is 0.623 bits per heavy atom. The highest BCUT2D eigenvalue weighted by Gasteiger charge is 2.50. The van der Waals surface area contributed by atoms with Crippen LogP contribution in [0.3, 0.4) is 0 Å². The van der Waals surface area contributed by atoms with E-state index in [0.717, 1.165) is 0 Å². The largest absolute Gasteiger partial charge is 0.394 e. The Morgan fingerprint density at radius 2 is 0.464 bits per heavy atom. The molecule has 414 valence electrons. The van der Waals surface area contributed by atoms with Crippen molar-refractivity contribution >= 4 is 0 Å². The zero-order chi connectivity index (χ0) is 53.2. The summed E-state index contributed by atoms with van der Waals surface area (Å²) in [6.45, 7) is -7.36. The van der Waals surface area contributed by atoms with Gasteiger partial charge in [0.2, 0.25) is 0 Å². The third-order valence-electron chi connectivity index (χ3n) is 10.9.